The summed E-state index contributed by atoms with van der Waals surface area (Å²) < 4.78 is 10.0. The van der Waals surface area contributed by atoms with Crippen molar-refractivity contribution in [2.45, 2.75) is 18.9 Å². The number of esters is 1. The van der Waals surface area contributed by atoms with Gasteiger partial charge in [-0.3, -0.25) is 0 Å². The zero-order chi connectivity index (χ0) is 13.9. The fraction of sp³-hybridized carbons (Fsp3) is 0.312. The number of carbonyl (C=O) groups excluding carboxylic acids is 1. The number of rotatable bonds is 5. The van der Waals surface area contributed by atoms with E-state index < -0.39 is 5.97 Å². The SMILES string of the molecule is COC(=O)c1ccc(CNCC2Cc3ccccc32)o1. The number of methoxy groups -OCH3 is 1. The van der Waals surface area contributed by atoms with Gasteiger partial charge in [0, 0.05) is 12.5 Å². The van der Waals surface area contributed by atoms with E-state index in [9.17, 15) is 4.79 Å². The van der Waals surface area contributed by atoms with Crippen LogP contribution in [0.1, 0.15) is 33.4 Å². The van der Waals surface area contributed by atoms with Crippen molar-refractivity contribution in [2.24, 2.45) is 0 Å². The number of hydrogen-bond donors (Lipinski definition) is 1. The Balaban J connectivity index is 1.49. The molecule has 0 fully saturated rings. The molecular weight excluding hydrogens is 254 g/mol. The van der Waals surface area contributed by atoms with Gasteiger partial charge in [0.2, 0.25) is 5.76 Å². The molecule has 20 heavy (non-hydrogen) atoms. The third-order valence-electron chi connectivity index (χ3n) is 3.70. The van der Waals surface area contributed by atoms with Crippen molar-refractivity contribution in [1.82, 2.24) is 5.32 Å². The van der Waals surface area contributed by atoms with Crippen LogP contribution in [0.25, 0.3) is 0 Å². The first-order valence-electron chi connectivity index (χ1n) is 6.73. The average molecular weight is 271 g/mol. The number of fused-ring (bicyclic) bond motifs is 1. The lowest BCUT2D eigenvalue weighted by Crippen LogP contribution is -2.28. The topological polar surface area (TPSA) is 51.5 Å². The number of carbonyl (C=O) groups is 1. The van der Waals surface area contributed by atoms with Crippen LogP contribution in [0, 0.1) is 0 Å². The highest BCUT2D eigenvalue weighted by atomic mass is 16.5. The maximum absolute atomic E-state index is 11.3. The third kappa shape index (κ3) is 2.47. The molecule has 0 saturated carbocycles. The van der Waals surface area contributed by atoms with Gasteiger partial charge in [-0.25, -0.2) is 4.79 Å². The first kappa shape index (κ1) is 12.9. The molecule has 1 atom stereocenters. The quantitative estimate of drug-likeness (QED) is 0.849. The van der Waals surface area contributed by atoms with Crippen molar-refractivity contribution in [3.63, 3.8) is 0 Å². The molecule has 0 saturated heterocycles. The van der Waals surface area contributed by atoms with Crippen molar-refractivity contribution in [2.75, 3.05) is 13.7 Å². The van der Waals surface area contributed by atoms with E-state index in [1.165, 1.54) is 18.2 Å². The largest absolute Gasteiger partial charge is 0.463 e. The number of benzene rings is 1. The minimum Gasteiger partial charge on any atom is -0.463 e. The van der Waals surface area contributed by atoms with Crippen molar-refractivity contribution in [1.29, 1.82) is 0 Å². The molecule has 1 aromatic carbocycles. The van der Waals surface area contributed by atoms with E-state index in [1.807, 2.05) is 0 Å². The van der Waals surface area contributed by atoms with Crippen molar-refractivity contribution in [3.05, 3.63) is 59.0 Å². The standard InChI is InChI=1S/C16H17NO3/c1-19-16(18)15-7-6-13(20-15)10-17-9-12-8-11-4-2-3-5-14(11)12/h2-7,12,17H,8-10H2,1H3. The van der Waals surface area contributed by atoms with E-state index >= 15 is 0 Å². The summed E-state index contributed by atoms with van der Waals surface area (Å²) in [6, 6.07) is 12.0. The number of furan rings is 1. The monoisotopic (exact) mass is 271 g/mol. The first-order valence-corrected chi connectivity index (χ1v) is 6.73. The van der Waals surface area contributed by atoms with Crippen LogP contribution in [0.4, 0.5) is 0 Å². The Labute approximate surface area is 117 Å². The molecule has 4 heteroatoms. The maximum Gasteiger partial charge on any atom is 0.373 e. The Morgan fingerprint density at radius 2 is 2.20 bits per heavy atom. The Morgan fingerprint density at radius 3 is 3.00 bits per heavy atom. The molecule has 1 N–H and O–H groups in total. The molecule has 0 spiro atoms. The average Bonchev–Trinajstić information content (AvgIpc) is 2.92. The summed E-state index contributed by atoms with van der Waals surface area (Å²) >= 11 is 0. The van der Waals surface area contributed by atoms with Crippen LogP contribution < -0.4 is 5.32 Å². The molecule has 0 radical (unpaired) electrons. The van der Waals surface area contributed by atoms with Crippen LogP contribution in [0.2, 0.25) is 0 Å². The Morgan fingerprint density at radius 1 is 1.35 bits per heavy atom. The summed E-state index contributed by atoms with van der Waals surface area (Å²) in [6.45, 7) is 1.54. The van der Waals surface area contributed by atoms with Gasteiger partial charge in [0.25, 0.3) is 0 Å². The molecule has 1 unspecified atom stereocenters. The molecule has 4 nitrogen and oxygen atoms in total. The van der Waals surface area contributed by atoms with Gasteiger partial charge >= 0.3 is 5.97 Å². The van der Waals surface area contributed by atoms with Crippen LogP contribution in [0.5, 0.6) is 0 Å². The Hall–Kier alpha value is -2.07. The fourth-order valence-corrected chi connectivity index (χ4v) is 2.60. The van der Waals surface area contributed by atoms with Crippen molar-refractivity contribution in [3.8, 4) is 0 Å². The normalized spacial score (nSPS) is 16.4. The molecule has 1 aliphatic rings. The van der Waals surface area contributed by atoms with Crippen LogP contribution in [0.3, 0.4) is 0 Å². The fourth-order valence-electron chi connectivity index (χ4n) is 2.60. The van der Waals surface area contributed by atoms with Crippen LogP contribution in [-0.4, -0.2) is 19.6 Å². The summed E-state index contributed by atoms with van der Waals surface area (Å²) in [6.07, 6.45) is 1.13. The molecule has 0 aliphatic heterocycles. The predicted molar refractivity (Wildman–Crippen MR) is 74.6 cm³/mol. The van der Waals surface area contributed by atoms with E-state index in [4.69, 9.17) is 4.42 Å². The summed E-state index contributed by atoms with van der Waals surface area (Å²) in [5.74, 6) is 1.14. The van der Waals surface area contributed by atoms with Gasteiger partial charge in [0.05, 0.1) is 13.7 Å². The molecular formula is C16H17NO3. The predicted octanol–water partition coefficient (Wildman–Crippen LogP) is 2.50. The van der Waals surface area contributed by atoms with Gasteiger partial charge in [-0.15, -0.1) is 0 Å². The zero-order valence-corrected chi connectivity index (χ0v) is 11.4. The molecule has 1 heterocycles. The number of hydrogen-bond acceptors (Lipinski definition) is 4. The first-order chi connectivity index (χ1) is 9.78. The molecule has 104 valence electrons. The smallest absolute Gasteiger partial charge is 0.373 e. The highest BCUT2D eigenvalue weighted by Gasteiger charge is 2.24. The van der Waals surface area contributed by atoms with E-state index in [0.717, 1.165) is 18.7 Å². The van der Waals surface area contributed by atoms with E-state index in [2.05, 4.69) is 34.3 Å². The molecule has 3 rings (SSSR count). The minimum absolute atomic E-state index is 0.248. The summed E-state index contributed by atoms with van der Waals surface area (Å²) in [7, 11) is 1.34. The second-order valence-electron chi connectivity index (χ2n) is 4.99. The highest BCUT2D eigenvalue weighted by Crippen LogP contribution is 2.34. The molecule has 0 amide bonds. The summed E-state index contributed by atoms with van der Waals surface area (Å²) in [5.41, 5.74) is 2.89. The van der Waals surface area contributed by atoms with Gasteiger partial charge in [0.15, 0.2) is 0 Å². The van der Waals surface area contributed by atoms with Gasteiger partial charge in [0.1, 0.15) is 5.76 Å². The summed E-state index contributed by atoms with van der Waals surface area (Å²) in [4.78, 5) is 11.3. The molecule has 2 aromatic rings. The van der Waals surface area contributed by atoms with Crippen molar-refractivity contribution < 1.29 is 13.9 Å². The van der Waals surface area contributed by atoms with Crippen LogP contribution in [0.15, 0.2) is 40.8 Å². The number of ether oxygens (including phenoxy) is 1. The van der Waals surface area contributed by atoms with Gasteiger partial charge in [-0.1, -0.05) is 24.3 Å². The van der Waals surface area contributed by atoms with Gasteiger partial charge < -0.3 is 14.5 Å². The lowest BCUT2D eigenvalue weighted by molar-refractivity contribution is 0.0563. The minimum atomic E-state index is -0.441. The zero-order valence-electron chi connectivity index (χ0n) is 11.4. The van der Waals surface area contributed by atoms with E-state index in [-0.39, 0.29) is 5.76 Å². The Bertz CT molecular complexity index is 618. The summed E-state index contributed by atoms with van der Waals surface area (Å²) in [5, 5.41) is 3.37. The second-order valence-corrected chi connectivity index (χ2v) is 4.99. The Kier molecular flexibility index (Phi) is 3.56. The van der Waals surface area contributed by atoms with E-state index in [1.54, 1.807) is 12.1 Å². The van der Waals surface area contributed by atoms with Crippen molar-refractivity contribution >= 4 is 5.97 Å². The molecule has 0 bridgehead atoms. The van der Waals surface area contributed by atoms with Crippen LogP contribution >= 0.6 is 0 Å². The van der Waals surface area contributed by atoms with Gasteiger partial charge in [-0.05, 0) is 29.7 Å². The lowest BCUT2D eigenvalue weighted by atomic mass is 9.77. The second kappa shape index (κ2) is 5.51. The highest BCUT2D eigenvalue weighted by molar-refractivity contribution is 5.86. The van der Waals surface area contributed by atoms with Crippen LogP contribution in [-0.2, 0) is 17.7 Å². The molecule has 1 aromatic heterocycles. The van der Waals surface area contributed by atoms with Gasteiger partial charge in [-0.2, -0.15) is 0 Å². The lowest BCUT2D eigenvalue weighted by Gasteiger charge is -2.30. The number of nitrogens with one attached hydrogen (secondary N) is 1. The van der Waals surface area contributed by atoms with E-state index in [0.29, 0.717) is 12.5 Å². The third-order valence-corrected chi connectivity index (χ3v) is 3.70. The maximum atomic E-state index is 11.3. The molecule has 1 aliphatic carbocycles.